The SMILES string of the molecule is Cc1csc(SCc2oc3ccccc3c2C(=O)O)n1. The Bertz CT molecular complexity index is 776. The first-order valence-electron chi connectivity index (χ1n) is 5.94. The van der Waals surface area contributed by atoms with Crippen LogP contribution in [0.4, 0.5) is 0 Å². The fraction of sp³-hybridized carbons (Fsp3) is 0.143. The van der Waals surface area contributed by atoms with E-state index in [2.05, 4.69) is 4.98 Å². The lowest BCUT2D eigenvalue weighted by Crippen LogP contribution is -1.98. The third-order valence-electron chi connectivity index (χ3n) is 2.81. The summed E-state index contributed by atoms with van der Waals surface area (Å²) in [5.74, 6) is -0.0130. The Morgan fingerprint density at radius 1 is 1.45 bits per heavy atom. The molecule has 4 nitrogen and oxygen atoms in total. The molecule has 1 aromatic carbocycles. The molecule has 0 aliphatic carbocycles. The molecule has 0 amide bonds. The van der Waals surface area contributed by atoms with Crippen molar-refractivity contribution < 1.29 is 14.3 Å². The number of carboxylic acids is 1. The number of thiazole rings is 1. The number of aryl methyl sites for hydroxylation is 1. The molecule has 1 N–H and O–H groups in total. The molecule has 20 heavy (non-hydrogen) atoms. The first-order valence-corrected chi connectivity index (χ1v) is 7.80. The number of nitrogens with zero attached hydrogens (tertiary/aromatic N) is 1. The average molecular weight is 305 g/mol. The van der Waals surface area contributed by atoms with E-state index in [0.717, 1.165) is 10.0 Å². The zero-order valence-electron chi connectivity index (χ0n) is 10.6. The van der Waals surface area contributed by atoms with Crippen molar-refractivity contribution in [2.75, 3.05) is 0 Å². The molecule has 0 saturated carbocycles. The van der Waals surface area contributed by atoms with Crippen molar-refractivity contribution in [1.82, 2.24) is 4.98 Å². The van der Waals surface area contributed by atoms with Crippen LogP contribution in [0.3, 0.4) is 0 Å². The molecule has 2 heterocycles. The lowest BCUT2D eigenvalue weighted by atomic mass is 10.1. The maximum Gasteiger partial charge on any atom is 0.339 e. The van der Waals surface area contributed by atoms with E-state index in [0.29, 0.717) is 22.5 Å². The number of aromatic nitrogens is 1. The zero-order valence-corrected chi connectivity index (χ0v) is 12.3. The molecule has 0 fully saturated rings. The normalized spacial score (nSPS) is 11.1. The number of aromatic carboxylic acids is 1. The number of thioether (sulfide) groups is 1. The Morgan fingerprint density at radius 2 is 2.25 bits per heavy atom. The van der Waals surface area contributed by atoms with E-state index in [9.17, 15) is 9.90 Å². The molecule has 0 atom stereocenters. The summed E-state index contributed by atoms with van der Waals surface area (Å²) in [6, 6.07) is 7.19. The van der Waals surface area contributed by atoms with Gasteiger partial charge in [0.15, 0.2) is 4.34 Å². The van der Waals surface area contributed by atoms with Crippen molar-refractivity contribution in [3.63, 3.8) is 0 Å². The quantitative estimate of drug-likeness (QED) is 0.732. The summed E-state index contributed by atoms with van der Waals surface area (Å²) < 4.78 is 6.58. The van der Waals surface area contributed by atoms with Crippen LogP contribution in [0.1, 0.15) is 21.8 Å². The Morgan fingerprint density at radius 3 is 2.95 bits per heavy atom. The summed E-state index contributed by atoms with van der Waals surface area (Å²) in [6.45, 7) is 1.93. The van der Waals surface area contributed by atoms with Gasteiger partial charge >= 0.3 is 5.97 Å². The minimum Gasteiger partial charge on any atom is -0.478 e. The summed E-state index contributed by atoms with van der Waals surface area (Å²) in [7, 11) is 0. The number of hydrogen-bond acceptors (Lipinski definition) is 5. The van der Waals surface area contributed by atoms with Gasteiger partial charge in [-0.25, -0.2) is 9.78 Å². The Kier molecular flexibility index (Phi) is 3.50. The van der Waals surface area contributed by atoms with Gasteiger partial charge in [0.2, 0.25) is 0 Å². The van der Waals surface area contributed by atoms with E-state index in [1.54, 1.807) is 23.5 Å². The fourth-order valence-corrected chi connectivity index (χ4v) is 3.74. The van der Waals surface area contributed by atoms with Crippen molar-refractivity contribution >= 4 is 40.0 Å². The molecule has 102 valence electrons. The van der Waals surface area contributed by atoms with Crippen LogP contribution in [0.5, 0.6) is 0 Å². The molecular weight excluding hydrogens is 294 g/mol. The van der Waals surface area contributed by atoms with E-state index < -0.39 is 5.97 Å². The molecule has 6 heteroatoms. The number of fused-ring (bicyclic) bond motifs is 1. The van der Waals surface area contributed by atoms with E-state index in [-0.39, 0.29) is 5.56 Å². The predicted octanol–water partition coefficient (Wildman–Crippen LogP) is 4.19. The summed E-state index contributed by atoms with van der Waals surface area (Å²) in [5.41, 5.74) is 1.83. The third-order valence-corrected chi connectivity index (χ3v) is 4.95. The largest absolute Gasteiger partial charge is 0.478 e. The van der Waals surface area contributed by atoms with Gasteiger partial charge in [-0.3, -0.25) is 0 Å². The standard InChI is InChI=1S/C14H11NO3S2/c1-8-6-19-14(15-8)20-7-11-12(13(16)17)9-4-2-3-5-10(9)18-11/h2-6H,7H2,1H3,(H,16,17). The summed E-state index contributed by atoms with van der Waals surface area (Å²) in [5, 5.41) is 12.0. The fourth-order valence-electron chi connectivity index (χ4n) is 1.96. The molecule has 0 saturated heterocycles. The second kappa shape index (κ2) is 5.30. The smallest absolute Gasteiger partial charge is 0.339 e. The van der Waals surface area contributed by atoms with Gasteiger partial charge in [-0.05, 0) is 13.0 Å². The highest BCUT2D eigenvalue weighted by Gasteiger charge is 2.20. The Hall–Kier alpha value is -1.79. The summed E-state index contributed by atoms with van der Waals surface area (Å²) in [4.78, 5) is 15.8. The van der Waals surface area contributed by atoms with Crippen molar-refractivity contribution in [2.24, 2.45) is 0 Å². The van der Waals surface area contributed by atoms with Crippen LogP contribution in [0.15, 0.2) is 38.4 Å². The molecule has 0 unspecified atom stereocenters. The van der Waals surface area contributed by atoms with Gasteiger partial charge in [0.1, 0.15) is 16.9 Å². The Labute approximate surface area is 123 Å². The number of para-hydroxylation sites is 1. The molecule has 0 spiro atoms. The number of carbonyl (C=O) groups is 1. The van der Waals surface area contributed by atoms with Crippen LogP contribution in [-0.2, 0) is 5.75 Å². The van der Waals surface area contributed by atoms with Gasteiger partial charge in [0, 0.05) is 16.5 Å². The summed E-state index contributed by atoms with van der Waals surface area (Å²) >= 11 is 3.04. The monoisotopic (exact) mass is 305 g/mol. The molecule has 3 aromatic rings. The molecule has 0 aliphatic heterocycles. The van der Waals surface area contributed by atoms with Crippen LogP contribution in [-0.4, -0.2) is 16.1 Å². The van der Waals surface area contributed by atoms with E-state index in [1.165, 1.54) is 11.8 Å². The number of furan rings is 1. The van der Waals surface area contributed by atoms with Gasteiger partial charge in [-0.15, -0.1) is 11.3 Å². The van der Waals surface area contributed by atoms with E-state index in [4.69, 9.17) is 4.42 Å². The third kappa shape index (κ3) is 2.44. The molecule has 0 aliphatic rings. The van der Waals surface area contributed by atoms with Gasteiger partial charge < -0.3 is 9.52 Å². The second-order valence-corrected chi connectivity index (χ2v) is 6.33. The van der Waals surface area contributed by atoms with Crippen molar-refractivity contribution in [3.05, 3.63) is 46.7 Å². The molecule has 0 bridgehead atoms. The molecular formula is C14H11NO3S2. The highest BCUT2D eigenvalue weighted by molar-refractivity contribution is 8.00. The maximum absolute atomic E-state index is 11.4. The highest BCUT2D eigenvalue weighted by atomic mass is 32.2. The predicted molar refractivity (Wildman–Crippen MR) is 79.6 cm³/mol. The summed E-state index contributed by atoms with van der Waals surface area (Å²) in [6.07, 6.45) is 0. The first-order chi connectivity index (χ1) is 9.65. The number of hydrogen-bond donors (Lipinski definition) is 1. The van der Waals surface area contributed by atoms with Crippen LogP contribution in [0, 0.1) is 6.92 Å². The molecule has 0 radical (unpaired) electrons. The lowest BCUT2D eigenvalue weighted by molar-refractivity contribution is 0.0697. The van der Waals surface area contributed by atoms with E-state index in [1.807, 2.05) is 24.4 Å². The Balaban J connectivity index is 1.94. The highest BCUT2D eigenvalue weighted by Crippen LogP contribution is 2.32. The molecule has 2 aromatic heterocycles. The molecule has 3 rings (SSSR count). The average Bonchev–Trinajstić information content (AvgIpc) is 2.99. The zero-order chi connectivity index (χ0) is 14.1. The van der Waals surface area contributed by atoms with Crippen molar-refractivity contribution in [1.29, 1.82) is 0 Å². The van der Waals surface area contributed by atoms with Gasteiger partial charge in [-0.1, -0.05) is 30.0 Å². The first kappa shape index (κ1) is 13.2. The van der Waals surface area contributed by atoms with Crippen LogP contribution in [0.2, 0.25) is 0 Å². The number of carboxylic acid groups (broad SMARTS) is 1. The van der Waals surface area contributed by atoms with Crippen LogP contribution < -0.4 is 0 Å². The minimum absolute atomic E-state index is 0.251. The lowest BCUT2D eigenvalue weighted by Gasteiger charge is -1.97. The maximum atomic E-state index is 11.4. The topological polar surface area (TPSA) is 63.3 Å². The van der Waals surface area contributed by atoms with Gasteiger partial charge in [-0.2, -0.15) is 0 Å². The second-order valence-electron chi connectivity index (χ2n) is 4.25. The van der Waals surface area contributed by atoms with Gasteiger partial charge in [0.25, 0.3) is 0 Å². The van der Waals surface area contributed by atoms with E-state index >= 15 is 0 Å². The minimum atomic E-state index is -0.958. The van der Waals surface area contributed by atoms with Crippen molar-refractivity contribution in [3.8, 4) is 0 Å². The van der Waals surface area contributed by atoms with Crippen LogP contribution >= 0.6 is 23.1 Å². The van der Waals surface area contributed by atoms with Gasteiger partial charge in [0.05, 0.1) is 5.75 Å². The number of rotatable bonds is 4. The van der Waals surface area contributed by atoms with Crippen LogP contribution in [0.25, 0.3) is 11.0 Å². The van der Waals surface area contributed by atoms with Crippen molar-refractivity contribution in [2.45, 2.75) is 17.0 Å². The number of benzene rings is 1.